The number of nitro groups is 1. The van der Waals surface area contributed by atoms with Crippen LogP contribution in [0.1, 0.15) is 19.3 Å². The number of hydrogen-bond donors (Lipinski definition) is 1. The summed E-state index contributed by atoms with van der Waals surface area (Å²) in [6.45, 7) is 2.07. The van der Waals surface area contributed by atoms with Crippen LogP contribution >= 0.6 is 0 Å². The Hall–Kier alpha value is -1.76. The van der Waals surface area contributed by atoms with Crippen molar-refractivity contribution >= 4 is 11.4 Å². The first-order valence-corrected chi connectivity index (χ1v) is 7.06. The van der Waals surface area contributed by atoms with Crippen molar-refractivity contribution in [3.05, 3.63) is 33.9 Å². The molecule has 0 atom stereocenters. The standard InChI is InChI=1S/C14H19F2N3O2/c1-17-5-2-10-3-6-18(7-4-10)14-12(15)8-11(19(20)21)9-13(14)16/h8-10,17H,2-7H2,1H3. The summed E-state index contributed by atoms with van der Waals surface area (Å²) in [6, 6.07) is 1.57. The highest BCUT2D eigenvalue weighted by Gasteiger charge is 2.25. The number of piperidine rings is 1. The molecule has 0 saturated carbocycles. The Bertz CT molecular complexity index is 494. The van der Waals surface area contributed by atoms with Crippen molar-refractivity contribution in [2.24, 2.45) is 5.92 Å². The summed E-state index contributed by atoms with van der Waals surface area (Å²) in [5, 5.41) is 13.7. The maximum absolute atomic E-state index is 14.0. The lowest BCUT2D eigenvalue weighted by Crippen LogP contribution is -2.35. The fraction of sp³-hybridized carbons (Fsp3) is 0.571. The topological polar surface area (TPSA) is 58.4 Å². The van der Waals surface area contributed by atoms with Crippen molar-refractivity contribution in [3.8, 4) is 0 Å². The lowest BCUT2D eigenvalue weighted by molar-refractivity contribution is -0.385. The molecule has 1 aromatic rings. The van der Waals surface area contributed by atoms with E-state index in [0.717, 1.165) is 37.9 Å². The van der Waals surface area contributed by atoms with Crippen molar-refractivity contribution in [2.45, 2.75) is 19.3 Å². The maximum atomic E-state index is 14.0. The first kappa shape index (κ1) is 15.6. The van der Waals surface area contributed by atoms with Crippen LogP contribution in [0.4, 0.5) is 20.2 Å². The number of halogens is 2. The number of non-ortho nitro benzene ring substituents is 1. The fourth-order valence-electron chi connectivity index (χ4n) is 2.75. The molecule has 0 aromatic heterocycles. The molecule has 1 fully saturated rings. The Balaban J connectivity index is 2.08. The smallest absolute Gasteiger partial charge is 0.275 e. The third-order valence-electron chi connectivity index (χ3n) is 3.95. The van der Waals surface area contributed by atoms with E-state index in [4.69, 9.17) is 0 Å². The van der Waals surface area contributed by atoms with Crippen molar-refractivity contribution in [1.82, 2.24) is 5.32 Å². The quantitative estimate of drug-likeness (QED) is 0.671. The highest BCUT2D eigenvalue weighted by molar-refractivity contribution is 5.54. The van der Waals surface area contributed by atoms with E-state index < -0.39 is 22.2 Å². The molecule has 0 radical (unpaired) electrons. The Labute approximate surface area is 122 Å². The molecule has 2 rings (SSSR count). The molecule has 1 heterocycles. The molecular weight excluding hydrogens is 280 g/mol. The van der Waals surface area contributed by atoms with Crippen LogP contribution in [-0.4, -0.2) is 31.6 Å². The van der Waals surface area contributed by atoms with Crippen LogP contribution in [0.5, 0.6) is 0 Å². The molecule has 5 nitrogen and oxygen atoms in total. The van der Waals surface area contributed by atoms with Gasteiger partial charge in [0.25, 0.3) is 5.69 Å². The summed E-state index contributed by atoms with van der Waals surface area (Å²) in [5.74, 6) is -1.18. The van der Waals surface area contributed by atoms with Gasteiger partial charge in [0.15, 0.2) is 11.6 Å². The molecule has 0 spiro atoms. The van der Waals surface area contributed by atoms with Gasteiger partial charge in [-0.3, -0.25) is 10.1 Å². The van der Waals surface area contributed by atoms with Gasteiger partial charge in [-0.1, -0.05) is 0 Å². The van der Waals surface area contributed by atoms with E-state index in [0.29, 0.717) is 19.0 Å². The average Bonchev–Trinajstić information content (AvgIpc) is 2.45. The van der Waals surface area contributed by atoms with Gasteiger partial charge in [0.1, 0.15) is 5.69 Å². The molecule has 1 N–H and O–H groups in total. The van der Waals surface area contributed by atoms with E-state index >= 15 is 0 Å². The van der Waals surface area contributed by atoms with E-state index in [1.165, 1.54) is 0 Å². The van der Waals surface area contributed by atoms with Crippen LogP contribution in [0.2, 0.25) is 0 Å². The fourth-order valence-corrected chi connectivity index (χ4v) is 2.75. The zero-order valence-corrected chi connectivity index (χ0v) is 11.9. The number of benzene rings is 1. The molecule has 1 aromatic carbocycles. The van der Waals surface area contributed by atoms with Crippen LogP contribution in [0.3, 0.4) is 0 Å². The first-order chi connectivity index (χ1) is 10.0. The number of nitrogens with zero attached hydrogens (tertiary/aromatic N) is 2. The predicted molar refractivity (Wildman–Crippen MR) is 76.5 cm³/mol. The largest absolute Gasteiger partial charge is 0.367 e. The monoisotopic (exact) mass is 299 g/mol. The second kappa shape index (κ2) is 6.80. The normalized spacial score (nSPS) is 16.2. The minimum Gasteiger partial charge on any atom is -0.367 e. The number of rotatable bonds is 5. The lowest BCUT2D eigenvalue weighted by Gasteiger charge is -2.33. The summed E-state index contributed by atoms with van der Waals surface area (Å²) in [6.07, 6.45) is 2.80. The Kier molecular flexibility index (Phi) is 5.06. The number of nitro benzene ring substituents is 1. The highest BCUT2D eigenvalue weighted by Crippen LogP contribution is 2.31. The van der Waals surface area contributed by atoms with Gasteiger partial charge in [-0.2, -0.15) is 0 Å². The molecule has 1 aliphatic rings. The van der Waals surface area contributed by atoms with Crippen LogP contribution < -0.4 is 10.2 Å². The molecule has 1 saturated heterocycles. The van der Waals surface area contributed by atoms with Crippen molar-refractivity contribution < 1.29 is 13.7 Å². The van der Waals surface area contributed by atoms with E-state index in [2.05, 4.69) is 5.32 Å². The summed E-state index contributed by atoms with van der Waals surface area (Å²) < 4.78 is 27.9. The van der Waals surface area contributed by atoms with Gasteiger partial charge in [0.2, 0.25) is 0 Å². The SMILES string of the molecule is CNCCC1CCN(c2c(F)cc([N+](=O)[O-])cc2F)CC1. The Morgan fingerprint density at radius 3 is 2.38 bits per heavy atom. The number of anilines is 1. The molecule has 1 aliphatic heterocycles. The molecule has 116 valence electrons. The van der Waals surface area contributed by atoms with Crippen LogP contribution in [0.25, 0.3) is 0 Å². The van der Waals surface area contributed by atoms with Gasteiger partial charge in [-0.25, -0.2) is 8.78 Å². The molecule has 0 unspecified atom stereocenters. The Morgan fingerprint density at radius 2 is 1.90 bits per heavy atom. The number of hydrogen-bond acceptors (Lipinski definition) is 4. The van der Waals surface area contributed by atoms with E-state index in [-0.39, 0.29) is 5.69 Å². The average molecular weight is 299 g/mol. The summed E-state index contributed by atoms with van der Waals surface area (Å²) in [5.41, 5.74) is -0.703. The second-order valence-corrected chi connectivity index (χ2v) is 5.34. The van der Waals surface area contributed by atoms with Gasteiger partial charge in [0.05, 0.1) is 17.1 Å². The minimum absolute atomic E-state index is 0.146. The molecule has 7 heteroatoms. The highest BCUT2D eigenvalue weighted by atomic mass is 19.1. The Morgan fingerprint density at radius 1 is 1.33 bits per heavy atom. The molecule has 0 aliphatic carbocycles. The van der Waals surface area contributed by atoms with Crippen LogP contribution in [-0.2, 0) is 0 Å². The van der Waals surface area contributed by atoms with Gasteiger partial charge in [0, 0.05) is 13.1 Å². The van der Waals surface area contributed by atoms with Crippen molar-refractivity contribution in [1.29, 1.82) is 0 Å². The second-order valence-electron chi connectivity index (χ2n) is 5.34. The number of nitrogens with one attached hydrogen (secondary N) is 1. The van der Waals surface area contributed by atoms with E-state index in [1.807, 2.05) is 7.05 Å². The van der Waals surface area contributed by atoms with Crippen LogP contribution in [0, 0.1) is 27.7 Å². The maximum Gasteiger partial charge on any atom is 0.275 e. The van der Waals surface area contributed by atoms with Gasteiger partial charge in [-0.15, -0.1) is 0 Å². The first-order valence-electron chi connectivity index (χ1n) is 7.06. The minimum atomic E-state index is -0.865. The van der Waals surface area contributed by atoms with Gasteiger partial charge < -0.3 is 10.2 Å². The lowest BCUT2D eigenvalue weighted by atomic mass is 9.93. The van der Waals surface area contributed by atoms with Gasteiger partial charge in [-0.05, 0) is 38.8 Å². The zero-order chi connectivity index (χ0) is 15.4. The molecular formula is C14H19F2N3O2. The third-order valence-corrected chi connectivity index (χ3v) is 3.95. The zero-order valence-electron chi connectivity index (χ0n) is 11.9. The molecule has 0 bridgehead atoms. The third kappa shape index (κ3) is 3.66. The van der Waals surface area contributed by atoms with Gasteiger partial charge >= 0.3 is 0 Å². The van der Waals surface area contributed by atoms with Crippen molar-refractivity contribution in [2.75, 3.05) is 31.6 Å². The van der Waals surface area contributed by atoms with Crippen molar-refractivity contribution in [3.63, 3.8) is 0 Å². The summed E-state index contributed by atoms with van der Waals surface area (Å²) in [4.78, 5) is 11.4. The van der Waals surface area contributed by atoms with E-state index in [1.54, 1.807) is 4.90 Å². The summed E-state index contributed by atoms with van der Waals surface area (Å²) >= 11 is 0. The van der Waals surface area contributed by atoms with E-state index in [9.17, 15) is 18.9 Å². The van der Waals surface area contributed by atoms with Crippen LogP contribution in [0.15, 0.2) is 12.1 Å². The summed E-state index contributed by atoms with van der Waals surface area (Å²) in [7, 11) is 1.90. The molecule has 0 amide bonds. The predicted octanol–water partition coefficient (Wildman–Crippen LogP) is 2.70. The molecule has 21 heavy (non-hydrogen) atoms.